The molecule has 3 rings (SSSR count). The summed E-state index contributed by atoms with van der Waals surface area (Å²) in [5.41, 5.74) is 6.46. The Morgan fingerprint density at radius 2 is 1.92 bits per heavy atom. The SMILES string of the molecule is C#C[C@](C)(OC)[C@H](Cn1cnc2c(N)nc(F)nc21)OC(=O)CC(C)(C)c1c(C)cc(C)cc1OC(C)=O. The molecule has 3 aromatic rings. The van der Waals surface area contributed by atoms with Crippen LogP contribution < -0.4 is 10.5 Å². The molecule has 38 heavy (non-hydrogen) atoms. The van der Waals surface area contributed by atoms with Crippen LogP contribution in [0.4, 0.5) is 10.2 Å². The Labute approximate surface area is 220 Å². The molecule has 0 radical (unpaired) electrons. The number of nitrogen functional groups attached to an aromatic ring is 1. The average molecular weight is 526 g/mol. The number of terminal acetylenes is 1. The van der Waals surface area contributed by atoms with Crippen LogP contribution >= 0.6 is 0 Å². The Balaban J connectivity index is 1.94. The number of aryl methyl sites for hydroxylation is 2. The second kappa shape index (κ2) is 10.8. The molecule has 0 aliphatic heterocycles. The molecule has 11 heteroatoms. The van der Waals surface area contributed by atoms with E-state index in [2.05, 4.69) is 20.9 Å². The summed E-state index contributed by atoms with van der Waals surface area (Å²) < 4.78 is 32.2. The van der Waals surface area contributed by atoms with Crippen molar-refractivity contribution in [2.45, 2.75) is 71.6 Å². The zero-order valence-electron chi connectivity index (χ0n) is 22.6. The van der Waals surface area contributed by atoms with E-state index in [0.29, 0.717) is 11.3 Å². The van der Waals surface area contributed by atoms with Gasteiger partial charge in [-0.2, -0.15) is 14.4 Å². The molecular formula is C27H32FN5O5. The topological polar surface area (TPSA) is 131 Å². The highest BCUT2D eigenvalue weighted by Gasteiger charge is 2.39. The van der Waals surface area contributed by atoms with Gasteiger partial charge in [-0.25, -0.2) is 4.98 Å². The minimum absolute atomic E-state index is 0.0463. The van der Waals surface area contributed by atoms with E-state index in [-0.39, 0.29) is 29.9 Å². The standard InChI is InChI=1S/C27H32FN5O5/c1-9-27(7,36-8)19(13-33-14-30-22-23(29)31-25(28)32-24(22)33)38-20(35)12-26(5,6)21-16(3)10-15(2)11-18(21)37-17(4)34/h1,10-11,14,19H,12-13H2,2-8H3,(H2,29,31,32)/t19-,27-/m0/s1. The van der Waals surface area contributed by atoms with Crippen LogP contribution in [0.3, 0.4) is 0 Å². The van der Waals surface area contributed by atoms with Crippen molar-refractivity contribution in [2.24, 2.45) is 0 Å². The fraction of sp³-hybridized carbons (Fsp3) is 0.444. The van der Waals surface area contributed by atoms with Crippen LogP contribution in [0.2, 0.25) is 0 Å². The number of carbonyl (C=O) groups excluding carboxylic acids is 2. The Hall–Kier alpha value is -4.04. The number of anilines is 1. The number of imidazole rings is 1. The highest BCUT2D eigenvalue weighted by Crippen LogP contribution is 2.38. The van der Waals surface area contributed by atoms with Crippen molar-refractivity contribution in [3.63, 3.8) is 0 Å². The van der Waals surface area contributed by atoms with E-state index in [0.717, 1.165) is 11.1 Å². The molecule has 2 aromatic heterocycles. The molecule has 0 spiro atoms. The Kier molecular flexibility index (Phi) is 8.07. The van der Waals surface area contributed by atoms with Crippen molar-refractivity contribution in [3.05, 3.63) is 41.2 Å². The third-order valence-electron chi connectivity index (χ3n) is 6.39. The fourth-order valence-electron chi connectivity index (χ4n) is 4.54. The molecule has 10 nitrogen and oxygen atoms in total. The normalized spacial score (nSPS) is 14.0. The van der Waals surface area contributed by atoms with Crippen LogP contribution in [0.1, 0.15) is 50.8 Å². The van der Waals surface area contributed by atoms with Crippen molar-refractivity contribution in [1.29, 1.82) is 0 Å². The van der Waals surface area contributed by atoms with E-state index in [4.69, 9.17) is 26.4 Å². The number of aromatic nitrogens is 4. The summed E-state index contributed by atoms with van der Waals surface area (Å²) >= 11 is 0. The van der Waals surface area contributed by atoms with Gasteiger partial charge >= 0.3 is 18.0 Å². The lowest BCUT2D eigenvalue weighted by Gasteiger charge is -2.33. The van der Waals surface area contributed by atoms with E-state index >= 15 is 0 Å². The monoisotopic (exact) mass is 525 g/mol. The molecule has 2 heterocycles. The van der Waals surface area contributed by atoms with Gasteiger partial charge in [0.25, 0.3) is 0 Å². The Morgan fingerprint density at radius 1 is 1.24 bits per heavy atom. The number of fused-ring (bicyclic) bond motifs is 1. The largest absolute Gasteiger partial charge is 0.456 e. The van der Waals surface area contributed by atoms with Gasteiger partial charge in [-0.15, -0.1) is 6.42 Å². The van der Waals surface area contributed by atoms with E-state index < -0.39 is 35.1 Å². The predicted octanol–water partition coefficient (Wildman–Crippen LogP) is 3.41. The van der Waals surface area contributed by atoms with Crippen molar-refractivity contribution in [3.8, 4) is 18.1 Å². The zero-order chi connectivity index (χ0) is 28.4. The summed E-state index contributed by atoms with van der Waals surface area (Å²) in [6, 6.07) is 3.71. The summed E-state index contributed by atoms with van der Waals surface area (Å²) in [7, 11) is 1.40. The second-order valence-electron chi connectivity index (χ2n) is 9.99. The molecule has 202 valence electrons. The number of hydrogen-bond acceptors (Lipinski definition) is 9. The molecule has 0 bridgehead atoms. The minimum Gasteiger partial charge on any atom is -0.456 e. The van der Waals surface area contributed by atoms with Gasteiger partial charge in [-0.1, -0.05) is 25.8 Å². The van der Waals surface area contributed by atoms with Gasteiger partial charge in [0.05, 0.1) is 19.3 Å². The third kappa shape index (κ3) is 5.92. The summed E-state index contributed by atoms with van der Waals surface area (Å²) in [5, 5.41) is 0. The van der Waals surface area contributed by atoms with Crippen LogP contribution in [0.25, 0.3) is 11.2 Å². The van der Waals surface area contributed by atoms with Crippen molar-refractivity contribution < 1.29 is 28.2 Å². The molecule has 1 aromatic carbocycles. The number of halogens is 1. The minimum atomic E-state index is -1.34. The molecule has 0 fully saturated rings. The van der Waals surface area contributed by atoms with Gasteiger partial charge in [-0.3, -0.25) is 9.59 Å². The molecule has 0 saturated heterocycles. The maximum Gasteiger partial charge on any atom is 0.312 e. The lowest BCUT2D eigenvalue weighted by atomic mass is 9.78. The predicted molar refractivity (Wildman–Crippen MR) is 139 cm³/mol. The van der Waals surface area contributed by atoms with Crippen LogP contribution in [0.5, 0.6) is 5.75 Å². The van der Waals surface area contributed by atoms with Gasteiger partial charge in [0.2, 0.25) is 0 Å². The molecule has 0 aliphatic carbocycles. The number of nitrogens with two attached hydrogens (primary N) is 1. The molecule has 0 saturated carbocycles. The molecule has 2 atom stereocenters. The number of benzene rings is 1. The Morgan fingerprint density at radius 3 is 2.53 bits per heavy atom. The highest BCUT2D eigenvalue weighted by molar-refractivity contribution is 5.81. The lowest BCUT2D eigenvalue weighted by Crippen LogP contribution is -2.46. The number of methoxy groups -OCH3 is 1. The van der Waals surface area contributed by atoms with Crippen LogP contribution in [-0.4, -0.2) is 50.3 Å². The highest BCUT2D eigenvalue weighted by atomic mass is 19.1. The van der Waals surface area contributed by atoms with Crippen molar-refractivity contribution in [2.75, 3.05) is 12.8 Å². The van der Waals surface area contributed by atoms with Crippen LogP contribution in [0, 0.1) is 32.3 Å². The number of carbonyl (C=O) groups is 2. The second-order valence-corrected chi connectivity index (χ2v) is 9.99. The van der Waals surface area contributed by atoms with Crippen molar-refractivity contribution in [1.82, 2.24) is 19.5 Å². The smallest absolute Gasteiger partial charge is 0.312 e. The molecule has 2 N–H and O–H groups in total. The number of ether oxygens (including phenoxy) is 3. The Bertz CT molecular complexity index is 1430. The van der Waals surface area contributed by atoms with Gasteiger partial charge in [0.15, 0.2) is 23.2 Å². The number of rotatable bonds is 9. The molecule has 0 aliphatic rings. The summed E-state index contributed by atoms with van der Waals surface area (Å²) in [4.78, 5) is 36.5. The molecular weight excluding hydrogens is 493 g/mol. The van der Waals surface area contributed by atoms with E-state index in [9.17, 15) is 14.0 Å². The lowest BCUT2D eigenvalue weighted by molar-refractivity contribution is -0.163. The van der Waals surface area contributed by atoms with E-state index in [1.807, 2.05) is 33.8 Å². The van der Waals surface area contributed by atoms with Crippen LogP contribution in [-0.2, 0) is 31.0 Å². The van der Waals surface area contributed by atoms with Gasteiger partial charge < -0.3 is 24.5 Å². The quantitative estimate of drug-likeness (QED) is 0.193. The van der Waals surface area contributed by atoms with Gasteiger partial charge in [0.1, 0.15) is 11.3 Å². The molecule has 0 amide bonds. The fourth-order valence-corrected chi connectivity index (χ4v) is 4.54. The summed E-state index contributed by atoms with van der Waals surface area (Å²) in [6.07, 6.45) is 5.04. The van der Waals surface area contributed by atoms with E-state index in [1.54, 1.807) is 13.0 Å². The number of esters is 2. The third-order valence-corrected chi connectivity index (χ3v) is 6.39. The maximum atomic E-state index is 13.9. The van der Waals surface area contributed by atoms with E-state index in [1.165, 1.54) is 24.9 Å². The average Bonchev–Trinajstić information content (AvgIpc) is 3.19. The first-order chi connectivity index (χ1) is 17.7. The first-order valence-electron chi connectivity index (χ1n) is 11.9. The van der Waals surface area contributed by atoms with Crippen molar-refractivity contribution >= 4 is 28.9 Å². The molecule has 0 unspecified atom stereocenters. The summed E-state index contributed by atoms with van der Waals surface area (Å²) in [5.74, 6) is 1.77. The summed E-state index contributed by atoms with van der Waals surface area (Å²) in [6.45, 7) is 10.4. The van der Waals surface area contributed by atoms with Crippen LogP contribution in [0.15, 0.2) is 18.5 Å². The van der Waals surface area contributed by atoms with Gasteiger partial charge in [0, 0.05) is 25.0 Å². The number of nitrogens with zero attached hydrogens (tertiary/aromatic N) is 4. The zero-order valence-corrected chi connectivity index (χ0v) is 22.6. The maximum absolute atomic E-state index is 13.9. The number of hydrogen-bond donors (Lipinski definition) is 1. The first-order valence-corrected chi connectivity index (χ1v) is 11.9. The first kappa shape index (κ1) is 28.5. The van der Waals surface area contributed by atoms with Gasteiger partial charge in [-0.05, 0) is 38.0 Å².